The van der Waals surface area contributed by atoms with Crippen LogP contribution in [0.2, 0.25) is 0 Å². The standard InChI is InChI=1S/C11H18N2O/c1-7-8(2)13(6)10(14)9(12-7)11(3,4)5/h1-6H3. The largest absolute Gasteiger partial charge is 0.313 e. The lowest BCUT2D eigenvalue weighted by Crippen LogP contribution is -2.32. The van der Waals surface area contributed by atoms with E-state index < -0.39 is 0 Å². The molecule has 0 amide bonds. The summed E-state index contributed by atoms with van der Waals surface area (Å²) in [5, 5.41) is 0. The molecule has 1 aromatic rings. The summed E-state index contributed by atoms with van der Waals surface area (Å²) in [5.74, 6) is 0. The molecule has 0 saturated heterocycles. The lowest BCUT2D eigenvalue weighted by atomic mass is 9.92. The van der Waals surface area contributed by atoms with E-state index in [1.165, 1.54) is 0 Å². The van der Waals surface area contributed by atoms with Crippen LogP contribution in [0.3, 0.4) is 0 Å². The van der Waals surface area contributed by atoms with Crippen molar-refractivity contribution in [1.29, 1.82) is 0 Å². The highest BCUT2D eigenvalue weighted by molar-refractivity contribution is 5.17. The van der Waals surface area contributed by atoms with Crippen molar-refractivity contribution in [3.63, 3.8) is 0 Å². The predicted molar refractivity (Wildman–Crippen MR) is 57.7 cm³/mol. The maximum Gasteiger partial charge on any atom is 0.272 e. The van der Waals surface area contributed by atoms with Crippen LogP contribution in [0.15, 0.2) is 4.79 Å². The summed E-state index contributed by atoms with van der Waals surface area (Å²) in [6.45, 7) is 9.86. The summed E-state index contributed by atoms with van der Waals surface area (Å²) in [7, 11) is 1.79. The van der Waals surface area contributed by atoms with Crippen LogP contribution in [0.25, 0.3) is 0 Å². The maximum absolute atomic E-state index is 11.9. The Morgan fingerprint density at radius 3 is 2.14 bits per heavy atom. The molecule has 3 nitrogen and oxygen atoms in total. The Bertz CT molecular complexity index is 411. The third-order valence-electron chi connectivity index (χ3n) is 2.52. The molecular weight excluding hydrogens is 176 g/mol. The Hall–Kier alpha value is -1.12. The summed E-state index contributed by atoms with van der Waals surface area (Å²) in [4.78, 5) is 16.3. The van der Waals surface area contributed by atoms with Crippen molar-refractivity contribution >= 4 is 0 Å². The van der Waals surface area contributed by atoms with Gasteiger partial charge in [0.1, 0.15) is 5.69 Å². The lowest BCUT2D eigenvalue weighted by Gasteiger charge is -2.19. The molecule has 0 spiro atoms. The van der Waals surface area contributed by atoms with Crippen molar-refractivity contribution in [3.05, 3.63) is 27.4 Å². The van der Waals surface area contributed by atoms with Crippen LogP contribution in [-0.2, 0) is 12.5 Å². The first kappa shape index (κ1) is 11.0. The number of hydrogen-bond acceptors (Lipinski definition) is 2. The monoisotopic (exact) mass is 194 g/mol. The van der Waals surface area contributed by atoms with Gasteiger partial charge >= 0.3 is 0 Å². The van der Waals surface area contributed by atoms with E-state index in [4.69, 9.17) is 0 Å². The Kier molecular flexibility index (Phi) is 2.52. The fraction of sp³-hybridized carbons (Fsp3) is 0.636. The molecule has 0 atom stereocenters. The third kappa shape index (κ3) is 1.72. The van der Waals surface area contributed by atoms with E-state index in [0.29, 0.717) is 5.69 Å². The van der Waals surface area contributed by atoms with Crippen LogP contribution in [0.4, 0.5) is 0 Å². The van der Waals surface area contributed by atoms with Gasteiger partial charge in [-0.25, -0.2) is 0 Å². The molecule has 0 aliphatic heterocycles. The van der Waals surface area contributed by atoms with Gasteiger partial charge in [-0.2, -0.15) is 0 Å². The van der Waals surface area contributed by atoms with E-state index in [2.05, 4.69) is 4.98 Å². The molecule has 0 saturated carbocycles. The highest BCUT2D eigenvalue weighted by Gasteiger charge is 2.21. The van der Waals surface area contributed by atoms with E-state index in [0.717, 1.165) is 11.4 Å². The third-order valence-corrected chi connectivity index (χ3v) is 2.52. The minimum absolute atomic E-state index is 0.0144. The average Bonchev–Trinajstić information content (AvgIpc) is 2.06. The fourth-order valence-electron chi connectivity index (χ4n) is 1.34. The Morgan fingerprint density at radius 1 is 1.21 bits per heavy atom. The molecule has 0 N–H and O–H groups in total. The molecule has 0 aliphatic rings. The van der Waals surface area contributed by atoms with Gasteiger partial charge in [0, 0.05) is 18.2 Å². The Labute approximate surface area is 84.8 Å². The molecule has 1 heterocycles. The molecule has 0 unspecified atom stereocenters. The second-order valence-electron chi connectivity index (χ2n) is 4.75. The maximum atomic E-state index is 11.9. The van der Waals surface area contributed by atoms with Crippen molar-refractivity contribution < 1.29 is 0 Å². The van der Waals surface area contributed by atoms with Crippen LogP contribution >= 0.6 is 0 Å². The van der Waals surface area contributed by atoms with E-state index in [9.17, 15) is 4.79 Å². The molecule has 0 radical (unpaired) electrons. The second kappa shape index (κ2) is 3.23. The molecule has 78 valence electrons. The fourth-order valence-corrected chi connectivity index (χ4v) is 1.34. The van der Waals surface area contributed by atoms with E-state index in [1.807, 2.05) is 34.6 Å². The quantitative estimate of drug-likeness (QED) is 0.630. The average molecular weight is 194 g/mol. The molecule has 0 aliphatic carbocycles. The molecule has 1 aromatic heterocycles. The summed E-state index contributed by atoms with van der Waals surface area (Å²) < 4.78 is 1.67. The van der Waals surface area contributed by atoms with Crippen molar-refractivity contribution in [3.8, 4) is 0 Å². The first-order valence-corrected chi connectivity index (χ1v) is 4.80. The van der Waals surface area contributed by atoms with E-state index >= 15 is 0 Å². The molecule has 14 heavy (non-hydrogen) atoms. The van der Waals surface area contributed by atoms with Crippen LogP contribution in [-0.4, -0.2) is 9.55 Å². The minimum atomic E-state index is -0.187. The van der Waals surface area contributed by atoms with Crippen molar-refractivity contribution in [2.75, 3.05) is 0 Å². The highest BCUT2D eigenvalue weighted by Crippen LogP contribution is 2.17. The lowest BCUT2D eigenvalue weighted by molar-refractivity contribution is 0.543. The SMILES string of the molecule is Cc1nc(C(C)(C)C)c(=O)n(C)c1C. The summed E-state index contributed by atoms with van der Waals surface area (Å²) in [6, 6.07) is 0. The van der Waals surface area contributed by atoms with E-state index in [1.54, 1.807) is 11.6 Å². The molecule has 0 bridgehead atoms. The van der Waals surface area contributed by atoms with Crippen LogP contribution in [0.5, 0.6) is 0 Å². The molecule has 3 heteroatoms. The number of aryl methyl sites for hydroxylation is 1. The van der Waals surface area contributed by atoms with Crippen LogP contribution in [0, 0.1) is 13.8 Å². The summed E-state index contributed by atoms with van der Waals surface area (Å²) >= 11 is 0. The summed E-state index contributed by atoms with van der Waals surface area (Å²) in [6.07, 6.45) is 0. The Balaban J connectivity index is 3.58. The molecule has 0 aromatic carbocycles. The molecule has 0 fully saturated rings. The summed E-state index contributed by atoms with van der Waals surface area (Å²) in [5.41, 5.74) is 2.33. The number of rotatable bonds is 0. The Morgan fingerprint density at radius 2 is 1.71 bits per heavy atom. The topological polar surface area (TPSA) is 34.9 Å². The molecular formula is C11H18N2O. The van der Waals surface area contributed by atoms with Crippen LogP contribution in [0.1, 0.15) is 37.9 Å². The van der Waals surface area contributed by atoms with Gasteiger partial charge in [0.15, 0.2) is 0 Å². The number of hydrogen-bond donors (Lipinski definition) is 0. The smallest absolute Gasteiger partial charge is 0.272 e. The zero-order valence-corrected chi connectivity index (χ0v) is 9.80. The second-order valence-corrected chi connectivity index (χ2v) is 4.75. The van der Waals surface area contributed by atoms with Gasteiger partial charge < -0.3 is 4.57 Å². The van der Waals surface area contributed by atoms with Gasteiger partial charge in [-0.1, -0.05) is 20.8 Å². The predicted octanol–water partition coefficient (Wildman–Crippen LogP) is 1.69. The van der Waals surface area contributed by atoms with Gasteiger partial charge in [0.05, 0.1) is 5.69 Å². The zero-order valence-electron chi connectivity index (χ0n) is 9.80. The van der Waals surface area contributed by atoms with Gasteiger partial charge in [-0.3, -0.25) is 9.78 Å². The molecule has 1 rings (SSSR count). The number of aromatic nitrogens is 2. The van der Waals surface area contributed by atoms with Crippen LogP contribution < -0.4 is 5.56 Å². The van der Waals surface area contributed by atoms with Crippen molar-refractivity contribution in [2.24, 2.45) is 7.05 Å². The van der Waals surface area contributed by atoms with Gasteiger partial charge in [0.2, 0.25) is 0 Å². The van der Waals surface area contributed by atoms with Gasteiger partial charge in [-0.15, -0.1) is 0 Å². The van der Waals surface area contributed by atoms with Crippen molar-refractivity contribution in [2.45, 2.75) is 40.0 Å². The van der Waals surface area contributed by atoms with Crippen molar-refractivity contribution in [1.82, 2.24) is 9.55 Å². The zero-order chi connectivity index (χ0) is 11.1. The first-order valence-electron chi connectivity index (χ1n) is 4.80. The normalized spacial score (nSPS) is 11.9. The number of nitrogens with zero attached hydrogens (tertiary/aromatic N) is 2. The minimum Gasteiger partial charge on any atom is -0.313 e. The van der Waals surface area contributed by atoms with E-state index in [-0.39, 0.29) is 11.0 Å². The van der Waals surface area contributed by atoms with Gasteiger partial charge in [-0.05, 0) is 13.8 Å². The van der Waals surface area contributed by atoms with Gasteiger partial charge in [0.25, 0.3) is 5.56 Å². The highest BCUT2D eigenvalue weighted by atomic mass is 16.1. The first-order chi connectivity index (χ1) is 6.25.